The number of carbonyl (C=O) groups is 1. The maximum atomic E-state index is 12.9. The molecule has 0 fully saturated rings. The Bertz CT molecular complexity index is 1130. The number of benzene rings is 1. The Morgan fingerprint density at radius 2 is 2.04 bits per heavy atom. The van der Waals surface area contributed by atoms with Crippen molar-refractivity contribution in [3.8, 4) is 10.6 Å². The van der Waals surface area contributed by atoms with E-state index in [1.807, 2.05) is 6.29 Å². The predicted molar refractivity (Wildman–Crippen MR) is 99.6 cm³/mol. The van der Waals surface area contributed by atoms with Crippen LogP contribution in [0, 0.1) is 5.82 Å². The van der Waals surface area contributed by atoms with E-state index >= 15 is 0 Å². The molecule has 3 heterocycles. The van der Waals surface area contributed by atoms with Crippen molar-refractivity contribution in [2.24, 2.45) is 0 Å². The molecule has 0 unspecified atom stereocenters. The van der Waals surface area contributed by atoms with E-state index in [0.29, 0.717) is 33.8 Å². The summed E-state index contributed by atoms with van der Waals surface area (Å²) in [5, 5.41) is 2.80. The molecule has 1 radical (unpaired) electrons. The molecule has 8 heteroatoms. The van der Waals surface area contributed by atoms with Crippen LogP contribution < -0.4 is 5.32 Å². The third-order valence-electron chi connectivity index (χ3n) is 3.94. The number of thiophene rings is 1. The number of aromatic nitrogens is 3. The van der Waals surface area contributed by atoms with Crippen molar-refractivity contribution in [3.63, 3.8) is 0 Å². The third kappa shape index (κ3) is 3.47. The molecule has 4 rings (SSSR count). The molecule has 0 atom stereocenters. The number of H-pyrrole nitrogens is 1. The molecule has 0 aliphatic rings. The smallest absolute Gasteiger partial charge is 0.261 e. The molecule has 1 aromatic carbocycles. The summed E-state index contributed by atoms with van der Waals surface area (Å²) < 4.78 is 12.9. The summed E-state index contributed by atoms with van der Waals surface area (Å²) in [4.78, 5) is 36.1. The van der Waals surface area contributed by atoms with Gasteiger partial charge in [-0.1, -0.05) is 12.1 Å². The van der Waals surface area contributed by atoms with E-state index in [0.717, 1.165) is 10.4 Å². The van der Waals surface area contributed by atoms with Crippen LogP contribution in [-0.4, -0.2) is 27.1 Å². The van der Waals surface area contributed by atoms with Gasteiger partial charge in [0.15, 0.2) is 5.65 Å². The number of hydrogen-bond acceptors (Lipinski definition) is 5. The minimum absolute atomic E-state index is 0.229. The molecular weight excluding hydrogens is 367 g/mol. The highest BCUT2D eigenvalue weighted by molar-refractivity contribution is 7.17. The van der Waals surface area contributed by atoms with Crippen LogP contribution in [0.25, 0.3) is 21.7 Å². The number of rotatable bonds is 5. The van der Waals surface area contributed by atoms with Gasteiger partial charge in [-0.3, -0.25) is 9.59 Å². The van der Waals surface area contributed by atoms with Gasteiger partial charge in [0.25, 0.3) is 5.91 Å². The van der Waals surface area contributed by atoms with Crippen LogP contribution in [-0.2, 0) is 11.3 Å². The Morgan fingerprint density at radius 1 is 1.22 bits per heavy atom. The summed E-state index contributed by atoms with van der Waals surface area (Å²) in [5.74, 6) is -0.544. The molecule has 3 aromatic heterocycles. The molecule has 133 valence electrons. The molecule has 6 nitrogen and oxygen atoms in total. The molecule has 0 aliphatic carbocycles. The van der Waals surface area contributed by atoms with Gasteiger partial charge in [0, 0.05) is 12.7 Å². The Balaban J connectivity index is 1.51. The average molecular weight is 379 g/mol. The van der Waals surface area contributed by atoms with Gasteiger partial charge in [0.2, 0.25) is 6.29 Å². The molecule has 0 saturated carbocycles. The Kier molecular flexibility index (Phi) is 4.47. The van der Waals surface area contributed by atoms with Crippen LogP contribution in [0.4, 0.5) is 4.39 Å². The quantitative estimate of drug-likeness (QED) is 0.557. The van der Waals surface area contributed by atoms with Gasteiger partial charge < -0.3 is 10.3 Å². The molecule has 27 heavy (non-hydrogen) atoms. The molecule has 1 amide bonds. The minimum Gasteiger partial charge on any atom is -0.347 e. The van der Waals surface area contributed by atoms with Gasteiger partial charge in [-0.2, -0.15) is 0 Å². The van der Waals surface area contributed by atoms with Crippen molar-refractivity contribution in [3.05, 3.63) is 70.6 Å². The number of fused-ring (bicyclic) bond motifs is 1. The van der Waals surface area contributed by atoms with Crippen molar-refractivity contribution in [2.75, 3.05) is 0 Å². The number of nitrogens with one attached hydrogen (secondary N) is 2. The fraction of sp³-hybridized carbons (Fsp3) is 0.0526. The van der Waals surface area contributed by atoms with Crippen molar-refractivity contribution < 1.29 is 14.0 Å². The molecular formula is C19H12FN4O2S. The summed E-state index contributed by atoms with van der Waals surface area (Å²) in [6.45, 7) is 0.306. The lowest BCUT2D eigenvalue weighted by molar-refractivity contribution is 0.0955. The number of carbonyl (C=O) groups excluding carboxylic acids is 2. The topological polar surface area (TPSA) is 87.7 Å². The normalized spacial score (nSPS) is 10.9. The van der Waals surface area contributed by atoms with Crippen LogP contribution >= 0.6 is 11.3 Å². The van der Waals surface area contributed by atoms with E-state index < -0.39 is 0 Å². The van der Waals surface area contributed by atoms with Crippen molar-refractivity contribution in [2.45, 2.75) is 6.54 Å². The van der Waals surface area contributed by atoms with Crippen LogP contribution in [0.15, 0.2) is 48.8 Å². The van der Waals surface area contributed by atoms with Gasteiger partial charge in [-0.15, -0.1) is 11.3 Å². The largest absolute Gasteiger partial charge is 0.347 e. The number of aromatic amines is 1. The van der Waals surface area contributed by atoms with Gasteiger partial charge in [-0.25, -0.2) is 14.4 Å². The van der Waals surface area contributed by atoms with E-state index in [4.69, 9.17) is 0 Å². The number of amides is 1. The summed E-state index contributed by atoms with van der Waals surface area (Å²) in [6, 6.07) is 9.44. The second-order valence-electron chi connectivity index (χ2n) is 5.73. The Morgan fingerprint density at radius 3 is 2.81 bits per heavy atom. The van der Waals surface area contributed by atoms with Crippen LogP contribution in [0.5, 0.6) is 0 Å². The van der Waals surface area contributed by atoms with Gasteiger partial charge >= 0.3 is 0 Å². The fourth-order valence-corrected chi connectivity index (χ4v) is 3.43. The molecule has 0 saturated heterocycles. The van der Waals surface area contributed by atoms with E-state index in [-0.39, 0.29) is 11.7 Å². The van der Waals surface area contributed by atoms with Crippen LogP contribution in [0.2, 0.25) is 0 Å². The fourth-order valence-electron chi connectivity index (χ4n) is 2.56. The van der Waals surface area contributed by atoms with Gasteiger partial charge in [0.05, 0.1) is 27.2 Å². The van der Waals surface area contributed by atoms with E-state index in [9.17, 15) is 14.0 Å². The maximum Gasteiger partial charge on any atom is 0.261 e. The first kappa shape index (κ1) is 17.0. The van der Waals surface area contributed by atoms with E-state index in [2.05, 4.69) is 20.3 Å². The highest BCUT2D eigenvalue weighted by Crippen LogP contribution is 2.27. The van der Waals surface area contributed by atoms with Crippen LogP contribution in [0.3, 0.4) is 0 Å². The lowest BCUT2D eigenvalue weighted by Gasteiger charge is -2.03. The van der Waals surface area contributed by atoms with Crippen molar-refractivity contribution in [1.29, 1.82) is 0 Å². The zero-order valence-corrected chi connectivity index (χ0v) is 14.6. The molecule has 0 spiro atoms. The zero-order chi connectivity index (χ0) is 18.8. The lowest BCUT2D eigenvalue weighted by Crippen LogP contribution is -2.21. The first-order chi connectivity index (χ1) is 13.1. The van der Waals surface area contributed by atoms with Crippen molar-refractivity contribution in [1.82, 2.24) is 20.3 Å². The first-order valence-electron chi connectivity index (χ1n) is 7.99. The van der Waals surface area contributed by atoms with E-state index in [1.54, 1.807) is 30.5 Å². The molecule has 4 aromatic rings. The predicted octanol–water partition coefficient (Wildman–Crippen LogP) is 3.21. The van der Waals surface area contributed by atoms with E-state index in [1.165, 1.54) is 29.7 Å². The highest BCUT2D eigenvalue weighted by atomic mass is 32.1. The number of halogens is 1. The number of nitrogens with zero attached hydrogens (tertiary/aromatic N) is 2. The summed E-state index contributed by atoms with van der Waals surface area (Å²) in [7, 11) is 0. The van der Waals surface area contributed by atoms with Gasteiger partial charge in [-0.05, 0) is 29.8 Å². The zero-order valence-electron chi connectivity index (χ0n) is 13.8. The molecule has 0 aliphatic heterocycles. The Hall–Kier alpha value is -3.39. The second kappa shape index (κ2) is 7.08. The lowest BCUT2D eigenvalue weighted by atomic mass is 10.2. The summed E-state index contributed by atoms with van der Waals surface area (Å²) in [5.41, 5.74) is 2.64. The average Bonchev–Trinajstić information content (AvgIpc) is 3.34. The molecule has 0 bridgehead atoms. The highest BCUT2D eigenvalue weighted by Gasteiger charge is 2.13. The molecule has 2 N–H and O–H groups in total. The standard InChI is InChI=1S/C19H12FN4O2S/c20-13-3-1-11(2-4-13)7-23-19(26)16-6-5-15(27-16)14-9-22-18-17(24-14)12(10-25)8-21-18/h1-6,8-9H,7H2,(H,21,22)(H,23,26). The second-order valence-corrected chi connectivity index (χ2v) is 6.81. The monoisotopic (exact) mass is 379 g/mol. The third-order valence-corrected chi connectivity index (χ3v) is 5.05. The van der Waals surface area contributed by atoms with Crippen LogP contribution in [0.1, 0.15) is 20.8 Å². The summed E-state index contributed by atoms with van der Waals surface area (Å²) >= 11 is 1.27. The van der Waals surface area contributed by atoms with Crippen molar-refractivity contribution >= 4 is 34.7 Å². The maximum absolute atomic E-state index is 12.9. The SMILES string of the molecule is O=[C]c1c[nH]c2ncc(-c3ccc(C(=O)NCc4ccc(F)cc4)s3)nc12. The first-order valence-corrected chi connectivity index (χ1v) is 8.81. The van der Waals surface area contributed by atoms with Gasteiger partial charge in [0.1, 0.15) is 11.3 Å². The Labute approximate surface area is 157 Å². The minimum atomic E-state index is -0.316. The number of hydrogen-bond donors (Lipinski definition) is 2. The summed E-state index contributed by atoms with van der Waals surface area (Å²) in [6.07, 6.45) is 4.91.